The lowest BCUT2D eigenvalue weighted by Crippen LogP contribution is -2.28. The minimum atomic E-state index is 0.302. The van der Waals surface area contributed by atoms with E-state index in [-0.39, 0.29) is 0 Å². The Hall–Kier alpha value is -1.15. The zero-order valence-corrected chi connectivity index (χ0v) is 22.5. The first-order chi connectivity index (χ1) is 16.6. The molecule has 1 heterocycles. The fourth-order valence-corrected chi connectivity index (χ4v) is 6.87. The molecule has 2 aliphatic rings. The molecule has 1 aromatic carbocycles. The molecule has 0 amide bonds. The van der Waals surface area contributed by atoms with Crippen LogP contribution in [0.15, 0.2) is 24.3 Å². The van der Waals surface area contributed by atoms with Gasteiger partial charge in [-0.25, -0.2) is 0 Å². The number of carbonyl (C=O) groups is 1. The second kappa shape index (κ2) is 15.1. The SMILES string of the molecule is CCCCCCC(c1cccc(C)c1)C1CCCC(C(=O)CC(CCC)CC2CCOCC2)C1. The molecule has 1 aliphatic heterocycles. The second-order valence-corrected chi connectivity index (χ2v) is 11.6. The minimum absolute atomic E-state index is 0.302. The average molecular weight is 469 g/mol. The number of rotatable bonds is 14. The molecule has 0 radical (unpaired) electrons. The van der Waals surface area contributed by atoms with Crippen molar-refractivity contribution in [3.8, 4) is 0 Å². The lowest BCUT2D eigenvalue weighted by Gasteiger charge is -2.35. The normalized spacial score (nSPS) is 23.5. The van der Waals surface area contributed by atoms with Crippen LogP contribution >= 0.6 is 0 Å². The van der Waals surface area contributed by atoms with Crippen LogP contribution < -0.4 is 0 Å². The molecular weight excluding hydrogens is 416 g/mol. The highest BCUT2D eigenvalue weighted by Gasteiger charge is 2.33. The average Bonchev–Trinajstić information content (AvgIpc) is 2.85. The predicted octanol–water partition coefficient (Wildman–Crippen LogP) is 9.05. The summed E-state index contributed by atoms with van der Waals surface area (Å²) in [4.78, 5) is 13.6. The van der Waals surface area contributed by atoms with Gasteiger partial charge in [-0.05, 0) is 81.1 Å². The smallest absolute Gasteiger partial charge is 0.136 e. The quantitative estimate of drug-likeness (QED) is 0.254. The Morgan fingerprint density at radius 1 is 1.00 bits per heavy atom. The molecule has 0 N–H and O–H groups in total. The van der Waals surface area contributed by atoms with Gasteiger partial charge >= 0.3 is 0 Å². The summed E-state index contributed by atoms with van der Waals surface area (Å²) in [6.07, 6.45) is 18.2. The minimum Gasteiger partial charge on any atom is -0.381 e. The third-order valence-corrected chi connectivity index (χ3v) is 8.77. The van der Waals surface area contributed by atoms with E-state index in [0.29, 0.717) is 29.5 Å². The van der Waals surface area contributed by atoms with Crippen LogP contribution in [0, 0.1) is 30.6 Å². The number of Topliss-reactive ketones (excluding diaryl/α,β-unsaturated/α-hetero) is 1. The summed E-state index contributed by atoms with van der Waals surface area (Å²) in [6, 6.07) is 9.23. The first-order valence-corrected chi connectivity index (χ1v) is 14.8. The topological polar surface area (TPSA) is 26.3 Å². The van der Waals surface area contributed by atoms with Crippen LogP contribution in [0.1, 0.15) is 127 Å². The highest BCUT2D eigenvalue weighted by molar-refractivity contribution is 5.81. The fraction of sp³-hybridized carbons (Fsp3) is 0.781. The van der Waals surface area contributed by atoms with Crippen molar-refractivity contribution >= 4 is 5.78 Å². The van der Waals surface area contributed by atoms with E-state index < -0.39 is 0 Å². The number of ketones is 1. The number of aryl methyl sites for hydroxylation is 1. The van der Waals surface area contributed by atoms with Crippen molar-refractivity contribution < 1.29 is 9.53 Å². The summed E-state index contributed by atoms with van der Waals surface area (Å²) in [5, 5.41) is 0. The number of unbranched alkanes of at least 4 members (excludes halogenated alkanes) is 3. The highest BCUT2D eigenvalue weighted by Crippen LogP contribution is 2.42. The molecule has 1 aliphatic carbocycles. The van der Waals surface area contributed by atoms with Gasteiger partial charge in [-0.3, -0.25) is 4.79 Å². The maximum Gasteiger partial charge on any atom is 0.136 e. The number of benzene rings is 1. The lowest BCUT2D eigenvalue weighted by molar-refractivity contribution is -0.125. The van der Waals surface area contributed by atoms with Crippen LogP contribution in [0.4, 0.5) is 0 Å². The van der Waals surface area contributed by atoms with Crippen molar-refractivity contribution in [1.29, 1.82) is 0 Å². The maximum atomic E-state index is 13.6. The Morgan fingerprint density at radius 2 is 1.82 bits per heavy atom. The molecule has 0 aromatic heterocycles. The first kappa shape index (κ1) is 27.4. The Labute approximate surface area is 210 Å². The molecule has 2 nitrogen and oxygen atoms in total. The number of ether oxygens (including phenoxy) is 1. The van der Waals surface area contributed by atoms with Crippen LogP contribution in [0.2, 0.25) is 0 Å². The molecule has 2 fully saturated rings. The summed E-state index contributed by atoms with van der Waals surface area (Å²) in [6.45, 7) is 8.63. The number of carbonyl (C=O) groups excluding carboxylic acids is 1. The summed E-state index contributed by atoms with van der Waals surface area (Å²) in [7, 11) is 0. The molecule has 0 bridgehead atoms. The van der Waals surface area contributed by atoms with Crippen LogP contribution in [-0.2, 0) is 9.53 Å². The van der Waals surface area contributed by atoms with E-state index in [4.69, 9.17) is 4.74 Å². The molecule has 2 heteroatoms. The Bertz CT molecular complexity index is 705. The van der Waals surface area contributed by atoms with Gasteiger partial charge in [0.15, 0.2) is 0 Å². The van der Waals surface area contributed by atoms with E-state index in [0.717, 1.165) is 38.4 Å². The van der Waals surface area contributed by atoms with Crippen LogP contribution in [-0.4, -0.2) is 19.0 Å². The summed E-state index contributed by atoms with van der Waals surface area (Å²) >= 11 is 0. The van der Waals surface area contributed by atoms with E-state index in [1.54, 1.807) is 0 Å². The molecular formula is C32H52O2. The van der Waals surface area contributed by atoms with Crippen molar-refractivity contribution in [1.82, 2.24) is 0 Å². The third kappa shape index (κ3) is 8.81. The van der Waals surface area contributed by atoms with Crippen LogP contribution in [0.3, 0.4) is 0 Å². The van der Waals surface area contributed by atoms with Gasteiger partial charge in [0.1, 0.15) is 5.78 Å². The molecule has 1 saturated carbocycles. The van der Waals surface area contributed by atoms with Gasteiger partial charge in [-0.1, -0.05) is 88.6 Å². The Balaban J connectivity index is 1.62. The van der Waals surface area contributed by atoms with Crippen molar-refractivity contribution in [3.63, 3.8) is 0 Å². The Morgan fingerprint density at radius 3 is 2.56 bits per heavy atom. The van der Waals surface area contributed by atoms with Crippen molar-refractivity contribution in [2.75, 3.05) is 13.2 Å². The first-order valence-electron chi connectivity index (χ1n) is 14.8. The molecule has 34 heavy (non-hydrogen) atoms. The second-order valence-electron chi connectivity index (χ2n) is 11.6. The van der Waals surface area contributed by atoms with Crippen LogP contribution in [0.5, 0.6) is 0 Å². The molecule has 4 atom stereocenters. The summed E-state index contributed by atoms with van der Waals surface area (Å²) < 4.78 is 5.57. The van der Waals surface area contributed by atoms with E-state index in [1.807, 2.05) is 0 Å². The van der Waals surface area contributed by atoms with Crippen molar-refractivity contribution in [3.05, 3.63) is 35.4 Å². The zero-order chi connectivity index (χ0) is 24.2. The highest BCUT2D eigenvalue weighted by atomic mass is 16.5. The predicted molar refractivity (Wildman–Crippen MR) is 144 cm³/mol. The van der Waals surface area contributed by atoms with E-state index in [2.05, 4.69) is 45.0 Å². The molecule has 1 saturated heterocycles. The summed E-state index contributed by atoms with van der Waals surface area (Å²) in [5.41, 5.74) is 2.90. The van der Waals surface area contributed by atoms with Gasteiger partial charge in [0.05, 0.1) is 0 Å². The molecule has 1 aromatic rings. The number of hydrogen-bond acceptors (Lipinski definition) is 2. The van der Waals surface area contributed by atoms with E-state index in [9.17, 15) is 4.79 Å². The number of hydrogen-bond donors (Lipinski definition) is 0. The van der Waals surface area contributed by atoms with Gasteiger partial charge in [-0.15, -0.1) is 0 Å². The zero-order valence-electron chi connectivity index (χ0n) is 22.5. The molecule has 4 unspecified atom stereocenters. The van der Waals surface area contributed by atoms with E-state index in [1.165, 1.54) is 88.2 Å². The Kier molecular flexibility index (Phi) is 12.2. The lowest BCUT2D eigenvalue weighted by atomic mass is 9.69. The van der Waals surface area contributed by atoms with Crippen LogP contribution in [0.25, 0.3) is 0 Å². The van der Waals surface area contributed by atoms with Gasteiger partial charge in [-0.2, -0.15) is 0 Å². The van der Waals surface area contributed by atoms with Gasteiger partial charge in [0.25, 0.3) is 0 Å². The van der Waals surface area contributed by atoms with Gasteiger partial charge in [0, 0.05) is 25.6 Å². The molecule has 192 valence electrons. The van der Waals surface area contributed by atoms with E-state index >= 15 is 0 Å². The van der Waals surface area contributed by atoms with Gasteiger partial charge in [0.2, 0.25) is 0 Å². The maximum absolute atomic E-state index is 13.6. The van der Waals surface area contributed by atoms with Crippen molar-refractivity contribution in [2.24, 2.45) is 23.7 Å². The third-order valence-electron chi connectivity index (χ3n) is 8.77. The molecule has 3 rings (SSSR count). The fourth-order valence-electron chi connectivity index (χ4n) is 6.87. The summed E-state index contributed by atoms with van der Waals surface area (Å²) in [5.74, 6) is 3.54. The molecule has 0 spiro atoms. The monoisotopic (exact) mass is 468 g/mol. The van der Waals surface area contributed by atoms with Gasteiger partial charge < -0.3 is 4.74 Å². The standard InChI is InChI=1S/C32H52O2/c1-4-6-7-8-16-31(28-13-9-12-25(3)21-28)29-14-10-15-30(24-29)32(33)23-27(11-5-2)22-26-17-19-34-20-18-26/h9,12-13,21,26-27,29-31H,4-8,10-11,14-20,22-24H2,1-3H3. The van der Waals surface area contributed by atoms with Crippen molar-refractivity contribution in [2.45, 2.75) is 123 Å². The largest absolute Gasteiger partial charge is 0.381 e.